The van der Waals surface area contributed by atoms with Gasteiger partial charge in [-0.3, -0.25) is 4.79 Å². The molecule has 0 fully saturated rings. The van der Waals surface area contributed by atoms with Crippen LogP contribution in [0.25, 0.3) is 0 Å². The molecule has 3 N–H and O–H groups in total. The normalized spacial score (nSPS) is 13.0. The van der Waals surface area contributed by atoms with Crippen LogP contribution in [-0.4, -0.2) is 25.3 Å². The SMILES string of the molecule is O=CCC(=O)Nc1c(Cl)c(Cl)cc2c1NCCN2. The number of anilines is 3. The summed E-state index contributed by atoms with van der Waals surface area (Å²) in [6.45, 7) is 1.47. The lowest BCUT2D eigenvalue weighted by Gasteiger charge is -2.24. The molecule has 0 spiro atoms. The van der Waals surface area contributed by atoms with Gasteiger partial charge in [0.1, 0.15) is 6.29 Å². The van der Waals surface area contributed by atoms with Crippen LogP contribution in [0.5, 0.6) is 0 Å². The van der Waals surface area contributed by atoms with Crippen LogP contribution in [0.2, 0.25) is 10.0 Å². The third-order valence-electron chi connectivity index (χ3n) is 2.49. The van der Waals surface area contributed by atoms with Crippen molar-refractivity contribution in [3.8, 4) is 0 Å². The molecule has 1 aromatic rings. The topological polar surface area (TPSA) is 70.2 Å². The Bertz CT molecular complexity index is 506. The average molecular weight is 288 g/mol. The van der Waals surface area contributed by atoms with Gasteiger partial charge in [-0.05, 0) is 6.07 Å². The predicted octanol–water partition coefficient (Wildman–Crippen LogP) is 2.36. The highest BCUT2D eigenvalue weighted by Crippen LogP contribution is 2.42. The lowest BCUT2D eigenvalue weighted by molar-refractivity contribution is -0.119. The summed E-state index contributed by atoms with van der Waals surface area (Å²) in [4.78, 5) is 21.8. The lowest BCUT2D eigenvalue weighted by atomic mass is 10.2. The molecular weight excluding hydrogens is 277 g/mol. The van der Waals surface area contributed by atoms with Gasteiger partial charge in [-0.2, -0.15) is 0 Å². The summed E-state index contributed by atoms with van der Waals surface area (Å²) in [5.41, 5.74) is 1.87. The van der Waals surface area contributed by atoms with Crippen molar-refractivity contribution in [3.63, 3.8) is 0 Å². The van der Waals surface area contributed by atoms with Crippen LogP contribution >= 0.6 is 23.2 Å². The summed E-state index contributed by atoms with van der Waals surface area (Å²) < 4.78 is 0. The molecule has 1 aliphatic rings. The predicted molar refractivity (Wildman–Crippen MR) is 72.8 cm³/mol. The van der Waals surface area contributed by atoms with Crippen LogP contribution in [0.4, 0.5) is 17.1 Å². The molecule has 0 unspecified atom stereocenters. The maximum absolute atomic E-state index is 11.5. The highest BCUT2D eigenvalue weighted by Gasteiger charge is 2.19. The van der Waals surface area contributed by atoms with E-state index in [2.05, 4.69) is 16.0 Å². The van der Waals surface area contributed by atoms with E-state index in [0.717, 1.165) is 12.2 Å². The van der Waals surface area contributed by atoms with Crippen molar-refractivity contribution in [1.29, 1.82) is 0 Å². The van der Waals surface area contributed by atoms with Gasteiger partial charge in [0.2, 0.25) is 5.91 Å². The van der Waals surface area contributed by atoms with Crippen LogP contribution in [0.3, 0.4) is 0 Å². The van der Waals surface area contributed by atoms with E-state index in [9.17, 15) is 9.59 Å². The van der Waals surface area contributed by atoms with Crippen molar-refractivity contribution in [2.24, 2.45) is 0 Å². The Labute approximate surface area is 114 Å². The van der Waals surface area contributed by atoms with Crippen molar-refractivity contribution in [3.05, 3.63) is 16.1 Å². The Morgan fingerprint density at radius 3 is 2.83 bits per heavy atom. The number of hydrogen-bond donors (Lipinski definition) is 3. The minimum Gasteiger partial charge on any atom is -0.381 e. The Morgan fingerprint density at radius 2 is 2.11 bits per heavy atom. The molecule has 2 rings (SSSR count). The zero-order chi connectivity index (χ0) is 13.1. The Hall–Kier alpha value is -1.46. The van der Waals surface area contributed by atoms with Crippen LogP contribution in [0.15, 0.2) is 6.07 Å². The Balaban J connectivity index is 2.40. The molecule has 1 aliphatic heterocycles. The monoisotopic (exact) mass is 287 g/mol. The van der Waals surface area contributed by atoms with Gasteiger partial charge in [-0.25, -0.2) is 0 Å². The summed E-state index contributed by atoms with van der Waals surface area (Å²) in [5.74, 6) is -0.427. The van der Waals surface area contributed by atoms with Gasteiger partial charge in [-0.1, -0.05) is 23.2 Å². The van der Waals surface area contributed by atoms with E-state index >= 15 is 0 Å². The minimum absolute atomic E-state index is 0.217. The van der Waals surface area contributed by atoms with Crippen LogP contribution in [-0.2, 0) is 9.59 Å². The summed E-state index contributed by atoms with van der Waals surface area (Å²) >= 11 is 12.1. The van der Waals surface area contributed by atoms with E-state index in [4.69, 9.17) is 23.2 Å². The number of nitrogens with one attached hydrogen (secondary N) is 3. The maximum atomic E-state index is 11.5. The zero-order valence-electron chi connectivity index (χ0n) is 9.35. The molecule has 1 aromatic carbocycles. The largest absolute Gasteiger partial charge is 0.381 e. The van der Waals surface area contributed by atoms with E-state index in [1.54, 1.807) is 6.07 Å². The molecule has 1 amide bonds. The number of aldehydes is 1. The molecule has 1 heterocycles. The van der Waals surface area contributed by atoms with Crippen LogP contribution in [0.1, 0.15) is 6.42 Å². The van der Waals surface area contributed by atoms with Crippen molar-refractivity contribution >= 4 is 52.5 Å². The van der Waals surface area contributed by atoms with Crippen molar-refractivity contribution in [2.45, 2.75) is 6.42 Å². The van der Waals surface area contributed by atoms with Crippen molar-refractivity contribution in [2.75, 3.05) is 29.0 Å². The highest BCUT2D eigenvalue weighted by atomic mass is 35.5. The molecule has 0 aliphatic carbocycles. The number of fused-ring (bicyclic) bond motifs is 1. The van der Waals surface area contributed by atoms with Gasteiger partial charge in [0, 0.05) is 13.1 Å². The number of carbonyl (C=O) groups excluding carboxylic acids is 2. The first kappa shape index (κ1) is 13.0. The summed E-state index contributed by atoms with van der Waals surface area (Å²) in [7, 11) is 0. The van der Waals surface area contributed by atoms with Gasteiger partial charge in [-0.15, -0.1) is 0 Å². The molecule has 0 atom stereocenters. The average Bonchev–Trinajstić information content (AvgIpc) is 2.35. The quantitative estimate of drug-likeness (QED) is 0.590. The summed E-state index contributed by atoms with van der Waals surface area (Å²) in [5, 5.41) is 9.48. The molecule has 96 valence electrons. The summed E-state index contributed by atoms with van der Waals surface area (Å²) in [6, 6.07) is 1.70. The first-order valence-corrected chi connectivity index (χ1v) is 6.12. The van der Waals surface area contributed by atoms with Crippen molar-refractivity contribution in [1.82, 2.24) is 0 Å². The van der Waals surface area contributed by atoms with E-state index in [1.165, 1.54) is 0 Å². The van der Waals surface area contributed by atoms with Crippen molar-refractivity contribution < 1.29 is 9.59 Å². The van der Waals surface area contributed by atoms with Gasteiger partial charge in [0.15, 0.2) is 0 Å². The Kier molecular flexibility index (Phi) is 3.93. The number of carbonyl (C=O) groups is 2. The molecule has 18 heavy (non-hydrogen) atoms. The second-order valence-electron chi connectivity index (χ2n) is 3.74. The smallest absolute Gasteiger partial charge is 0.231 e. The minimum atomic E-state index is -0.427. The first-order chi connectivity index (χ1) is 8.63. The third-order valence-corrected chi connectivity index (χ3v) is 3.28. The number of rotatable bonds is 3. The molecule has 7 heteroatoms. The molecule has 0 saturated heterocycles. The van der Waals surface area contributed by atoms with Gasteiger partial charge < -0.3 is 20.7 Å². The zero-order valence-corrected chi connectivity index (χ0v) is 10.9. The Morgan fingerprint density at radius 1 is 1.39 bits per heavy atom. The fraction of sp³-hybridized carbons (Fsp3) is 0.273. The number of benzene rings is 1. The molecule has 0 aromatic heterocycles. The second-order valence-corrected chi connectivity index (χ2v) is 4.53. The molecule has 0 radical (unpaired) electrons. The number of hydrogen-bond acceptors (Lipinski definition) is 4. The van der Waals surface area contributed by atoms with E-state index in [-0.39, 0.29) is 11.4 Å². The molecular formula is C11H11Cl2N3O2. The van der Waals surface area contributed by atoms with Gasteiger partial charge in [0.25, 0.3) is 0 Å². The van der Waals surface area contributed by atoms with E-state index in [1.807, 2.05) is 0 Å². The number of amides is 1. The van der Waals surface area contributed by atoms with Gasteiger partial charge in [0.05, 0.1) is 33.5 Å². The molecule has 5 nitrogen and oxygen atoms in total. The highest BCUT2D eigenvalue weighted by molar-refractivity contribution is 6.45. The number of halogens is 2. The van der Waals surface area contributed by atoms with Crippen LogP contribution < -0.4 is 16.0 Å². The van der Waals surface area contributed by atoms with Gasteiger partial charge >= 0.3 is 0 Å². The maximum Gasteiger partial charge on any atom is 0.231 e. The first-order valence-electron chi connectivity index (χ1n) is 5.36. The van der Waals surface area contributed by atoms with E-state index in [0.29, 0.717) is 29.2 Å². The van der Waals surface area contributed by atoms with E-state index < -0.39 is 5.91 Å². The fourth-order valence-corrected chi connectivity index (χ4v) is 2.12. The standard InChI is InChI=1S/C11H11Cl2N3O2/c12-6-5-7-10(15-3-2-14-7)11(9(6)13)16-8(18)1-4-17/h4-5,14-15H,1-3H2,(H,16,18). The summed E-state index contributed by atoms with van der Waals surface area (Å²) in [6.07, 6.45) is 0.316. The lowest BCUT2D eigenvalue weighted by Crippen LogP contribution is -2.23. The third kappa shape index (κ3) is 2.52. The second kappa shape index (κ2) is 5.46. The fourth-order valence-electron chi connectivity index (χ4n) is 1.72. The van der Waals surface area contributed by atoms with Crippen LogP contribution in [0, 0.1) is 0 Å². The molecule has 0 bridgehead atoms. The molecule has 0 saturated carbocycles.